The molecule has 0 radical (unpaired) electrons. The molecule has 8 heteroatoms. The average molecular weight is 375 g/mol. The molecule has 2 unspecified atom stereocenters. The van der Waals surface area contributed by atoms with Crippen LogP contribution in [0.3, 0.4) is 0 Å². The molecule has 146 valence electrons. The van der Waals surface area contributed by atoms with Crippen molar-refractivity contribution in [2.75, 3.05) is 24.6 Å². The number of rotatable bonds is 7. The minimum Gasteiger partial charge on any atom is -0.379 e. The minimum absolute atomic E-state index is 0.140. The first-order chi connectivity index (χ1) is 12.9. The Kier molecular flexibility index (Phi) is 4.55. The van der Waals surface area contributed by atoms with Gasteiger partial charge in [0.1, 0.15) is 11.4 Å². The summed E-state index contributed by atoms with van der Waals surface area (Å²) in [6, 6.07) is 1.72. The van der Waals surface area contributed by atoms with E-state index in [9.17, 15) is 9.59 Å². The lowest BCUT2D eigenvalue weighted by Gasteiger charge is -2.23. The predicted molar refractivity (Wildman–Crippen MR) is 96.0 cm³/mol. The number of ether oxygens (including phenoxy) is 2. The molecule has 3 aliphatic rings. The van der Waals surface area contributed by atoms with E-state index in [-0.39, 0.29) is 24.0 Å². The average Bonchev–Trinajstić information content (AvgIpc) is 3.35. The highest BCUT2D eigenvalue weighted by molar-refractivity contribution is 6.02. The summed E-state index contributed by atoms with van der Waals surface area (Å²) in [5.41, 5.74) is -0.753. The molecule has 1 aromatic rings. The summed E-state index contributed by atoms with van der Waals surface area (Å²) in [7, 11) is 0. The van der Waals surface area contributed by atoms with Crippen molar-refractivity contribution in [3.8, 4) is 0 Å². The van der Waals surface area contributed by atoms with Crippen molar-refractivity contribution in [3.05, 3.63) is 24.0 Å². The lowest BCUT2D eigenvalue weighted by Crippen LogP contribution is -2.44. The van der Waals surface area contributed by atoms with Gasteiger partial charge in [-0.15, -0.1) is 0 Å². The van der Waals surface area contributed by atoms with Crippen LogP contribution in [0.4, 0.5) is 5.82 Å². The molecule has 27 heavy (non-hydrogen) atoms. The van der Waals surface area contributed by atoms with Crippen LogP contribution in [0, 0.1) is 18.8 Å². The zero-order valence-electron chi connectivity index (χ0n) is 15.8. The molecular formula is C19H25N3O5. The molecule has 4 heterocycles. The van der Waals surface area contributed by atoms with E-state index in [1.165, 1.54) is 0 Å². The zero-order chi connectivity index (χ0) is 19.2. The summed E-state index contributed by atoms with van der Waals surface area (Å²) in [5.74, 6) is -0.244. The van der Waals surface area contributed by atoms with Crippen molar-refractivity contribution in [3.63, 3.8) is 0 Å². The van der Waals surface area contributed by atoms with Crippen LogP contribution in [0.1, 0.15) is 26.0 Å². The number of carbonyl (C=O) groups excluding carboxylic acids is 2. The topological polar surface area (TPSA) is 93.9 Å². The summed E-state index contributed by atoms with van der Waals surface area (Å²) in [4.78, 5) is 27.4. The first-order valence-electron chi connectivity index (χ1n) is 9.42. The molecule has 0 saturated carbocycles. The number of carbonyl (C=O) groups is 2. The van der Waals surface area contributed by atoms with Gasteiger partial charge < -0.3 is 19.3 Å². The van der Waals surface area contributed by atoms with E-state index in [2.05, 4.69) is 10.5 Å². The number of fused-ring (bicyclic) bond motifs is 1. The van der Waals surface area contributed by atoms with Crippen LogP contribution in [0.15, 0.2) is 22.7 Å². The van der Waals surface area contributed by atoms with Crippen LogP contribution in [0.2, 0.25) is 0 Å². The normalized spacial score (nSPS) is 31.2. The van der Waals surface area contributed by atoms with Gasteiger partial charge in [0, 0.05) is 19.2 Å². The number of amides is 2. The zero-order valence-corrected chi connectivity index (χ0v) is 15.8. The highest BCUT2D eigenvalue weighted by atomic mass is 16.5. The molecule has 0 aromatic carbocycles. The minimum atomic E-state index is -0.753. The van der Waals surface area contributed by atoms with E-state index in [4.69, 9.17) is 14.0 Å². The highest BCUT2D eigenvalue weighted by Gasteiger charge is 2.67. The van der Waals surface area contributed by atoms with Gasteiger partial charge in [-0.1, -0.05) is 17.3 Å². The quantitative estimate of drug-likeness (QED) is 0.569. The van der Waals surface area contributed by atoms with Crippen molar-refractivity contribution in [2.45, 2.75) is 45.0 Å². The van der Waals surface area contributed by atoms with Gasteiger partial charge in [0.05, 0.1) is 30.6 Å². The third-order valence-corrected chi connectivity index (χ3v) is 5.37. The Morgan fingerprint density at radius 1 is 1.52 bits per heavy atom. The van der Waals surface area contributed by atoms with Gasteiger partial charge in [-0.3, -0.25) is 14.5 Å². The van der Waals surface area contributed by atoms with E-state index < -0.39 is 17.4 Å². The molecule has 4 atom stereocenters. The Balaban J connectivity index is 1.44. The van der Waals surface area contributed by atoms with Gasteiger partial charge in [-0.05, 0) is 27.2 Å². The SMILES string of the molecule is Cc1cc(N2C[C@]34C=C[C@@H](O3)C(C(=O)NCCCOC(C)C)C4C2=O)no1. The van der Waals surface area contributed by atoms with E-state index in [1.54, 1.807) is 17.9 Å². The van der Waals surface area contributed by atoms with Crippen LogP contribution in [0.25, 0.3) is 0 Å². The molecule has 8 nitrogen and oxygen atoms in total. The van der Waals surface area contributed by atoms with E-state index >= 15 is 0 Å². The number of aromatic nitrogens is 1. The fourth-order valence-electron chi connectivity index (χ4n) is 4.19. The first-order valence-corrected chi connectivity index (χ1v) is 9.42. The Labute approximate surface area is 157 Å². The Bertz CT molecular complexity index is 773. The van der Waals surface area contributed by atoms with Gasteiger partial charge in [-0.25, -0.2) is 0 Å². The van der Waals surface area contributed by atoms with Gasteiger partial charge in [0.25, 0.3) is 0 Å². The molecule has 3 aliphatic heterocycles. The van der Waals surface area contributed by atoms with E-state index in [0.29, 0.717) is 31.3 Å². The van der Waals surface area contributed by atoms with Crippen LogP contribution in [-0.4, -0.2) is 54.5 Å². The molecule has 1 N–H and O–H groups in total. The molecule has 2 saturated heterocycles. The number of aryl methyl sites for hydroxylation is 1. The fourth-order valence-corrected chi connectivity index (χ4v) is 4.19. The molecule has 1 spiro atoms. The van der Waals surface area contributed by atoms with E-state index in [0.717, 1.165) is 6.42 Å². The highest BCUT2D eigenvalue weighted by Crippen LogP contribution is 2.52. The standard InChI is InChI=1S/C19H25N3O5/c1-11(2)25-8-4-7-20-17(23)15-13-5-6-19(26-13)10-22(18(24)16(15)19)14-9-12(3)27-21-14/h5-6,9,11,13,15-16H,4,7-8,10H2,1-3H3,(H,20,23)/t13-,15?,16?,19+/m1/s1. The predicted octanol–water partition coefficient (Wildman–Crippen LogP) is 1.20. The maximum Gasteiger partial charge on any atom is 0.235 e. The van der Waals surface area contributed by atoms with Crippen molar-refractivity contribution in [1.29, 1.82) is 0 Å². The summed E-state index contributed by atoms with van der Waals surface area (Å²) in [5, 5.41) is 6.88. The van der Waals surface area contributed by atoms with Crippen LogP contribution in [-0.2, 0) is 19.1 Å². The van der Waals surface area contributed by atoms with Gasteiger partial charge >= 0.3 is 0 Å². The van der Waals surface area contributed by atoms with Crippen LogP contribution >= 0.6 is 0 Å². The maximum atomic E-state index is 13.1. The third-order valence-electron chi connectivity index (χ3n) is 5.37. The molecule has 2 amide bonds. The van der Waals surface area contributed by atoms with Gasteiger partial charge in [-0.2, -0.15) is 0 Å². The summed E-state index contributed by atoms with van der Waals surface area (Å²) >= 11 is 0. The molecule has 4 rings (SSSR count). The molecule has 1 aromatic heterocycles. The lowest BCUT2D eigenvalue weighted by molar-refractivity contribution is -0.132. The smallest absolute Gasteiger partial charge is 0.235 e. The Morgan fingerprint density at radius 3 is 3.04 bits per heavy atom. The molecule has 0 aliphatic carbocycles. The summed E-state index contributed by atoms with van der Waals surface area (Å²) in [6.07, 6.45) is 4.37. The Morgan fingerprint density at radius 2 is 2.33 bits per heavy atom. The summed E-state index contributed by atoms with van der Waals surface area (Å²) in [6.45, 7) is 7.18. The molecule has 2 fully saturated rings. The first kappa shape index (κ1) is 18.2. The Hall–Kier alpha value is -2.19. The van der Waals surface area contributed by atoms with Crippen molar-refractivity contribution < 1.29 is 23.6 Å². The molecule has 2 bridgehead atoms. The van der Waals surface area contributed by atoms with Crippen LogP contribution < -0.4 is 10.2 Å². The molecular weight excluding hydrogens is 350 g/mol. The van der Waals surface area contributed by atoms with Crippen molar-refractivity contribution in [2.24, 2.45) is 11.8 Å². The summed E-state index contributed by atoms with van der Waals surface area (Å²) < 4.78 is 16.7. The third kappa shape index (κ3) is 3.06. The van der Waals surface area contributed by atoms with Crippen molar-refractivity contribution >= 4 is 17.6 Å². The monoisotopic (exact) mass is 375 g/mol. The lowest BCUT2D eigenvalue weighted by atomic mass is 9.77. The second-order valence-electron chi connectivity index (χ2n) is 7.68. The second-order valence-corrected chi connectivity index (χ2v) is 7.68. The number of hydrogen-bond acceptors (Lipinski definition) is 6. The number of hydrogen-bond donors (Lipinski definition) is 1. The maximum absolute atomic E-state index is 13.1. The van der Waals surface area contributed by atoms with Crippen molar-refractivity contribution in [1.82, 2.24) is 10.5 Å². The van der Waals surface area contributed by atoms with E-state index in [1.807, 2.05) is 26.0 Å². The van der Waals surface area contributed by atoms with Gasteiger partial charge in [0.15, 0.2) is 5.82 Å². The number of anilines is 1. The number of nitrogens with one attached hydrogen (secondary N) is 1. The largest absolute Gasteiger partial charge is 0.379 e. The second kappa shape index (κ2) is 6.76. The fraction of sp³-hybridized carbons (Fsp3) is 0.632. The van der Waals surface area contributed by atoms with Crippen LogP contribution in [0.5, 0.6) is 0 Å². The number of nitrogens with zero attached hydrogens (tertiary/aromatic N) is 2. The van der Waals surface area contributed by atoms with Gasteiger partial charge in [0.2, 0.25) is 11.8 Å².